The predicted molar refractivity (Wildman–Crippen MR) is 132 cm³/mol. The van der Waals surface area contributed by atoms with Gasteiger partial charge in [-0.25, -0.2) is 0 Å². The number of allylic oxidation sites excluding steroid dienone is 1. The number of aliphatic hydroxyl groups excluding tert-OH is 1. The molecule has 3 saturated carbocycles. The molecule has 31 heavy (non-hydrogen) atoms. The van der Waals surface area contributed by atoms with E-state index in [0.717, 1.165) is 61.3 Å². The summed E-state index contributed by atoms with van der Waals surface area (Å²) < 4.78 is 0. The highest BCUT2D eigenvalue weighted by Crippen LogP contribution is 2.68. The van der Waals surface area contributed by atoms with Crippen molar-refractivity contribution in [3.8, 4) is 0 Å². The maximum absolute atomic E-state index is 10.4. The normalized spacial score (nSPS) is 45.6. The van der Waals surface area contributed by atoms with Crippen molar-refractivity contribution in [3.63, 3.8) is 0 Å². The Morgan fingerprint density at radius 1 is 1.03 bits per heavy atom. The molecule has 3 N–H and O–H groups in total. The van der Waals surface area contributed by atoms with E-state index in [2.05, 4.69) is 40.7 Å². The van der Waals surface area contributed by atoms with Crippen molar-refractivity contribution in [1.82, 2.24) is 0 Å². The summed E-state index contributed by atoms with van der Waals surface area (Å²) >= 11 is 0. The van der Waals surface area contributed by atoms with Gasteiger partial charge in [0.15, 0.2) is 0 Å². The molecule has 0 spiro atoms. The quantitative estimate of drug-likeness (QED) is 0.429. The zero-order valence-corrected chi connectivity index (χ0v) is 21.2. The average molecular weight is 430 g/mol. The molecule has 9 atom stereocenters. The van der Waals surface area contributed by atoms with Gasteiger partial charge in [-0.05, 0) is 110 Å². The molecule has 0 saturated heterocycles. The van der Waals surface area contributed by atoms with E-state index in [9.17, 15) is 5.11 Å². The third kappa shape index (κ3) is 4.18. The Morgan fingerprint density at radius 2 is 1.81 bits per heavy atom. The van der Waals surface area contributed by atoms with Crippen molar-refractivity contribution in [1.29, 1.82) is 0 Å². The van der Waals surface area contributed by atoms with Crippen LogP contribution in [0, 0.1) is 52.3 Å². The first-order chi connectivity index (χ1) is 14.7. The van der Waals surface area contributed by atoms with Gasteiger partial charge in [0.05, 0.1) is 6.10 Å². The van der Waals surface area contributed by atoms with Crippen LogP contribution in [0.5, 0.6) is 0 Å². The standard InChI is InChI=1S/C29H51NO/c1-19(2)7-6-8-20(3)24-9-10-25-27-21(13-16-30)17-22-18-23(31)11-14-28(22,4)26(27)12-15-29(24,25)5/h17,19-21,23-27,31H,6-16,18,30H2,1-5H3/t20-,21+,23+,24-,25?,26?,27?,28+,29-/m1/s1. The number of fused-ring (bicyclic) bond motifs is 5. The topological polar surface area (TPSA) is 46.2 Å². The minimum Gasteiger partial charge on any atom is -0.393 e. The first kappa shape index (κ1) is 23.8. The van der Waals surface area contributed by atoms with Gasteiger partial charge < -0.3 is 10.8 Å². The average Bonchev–Trinajstić information content (AvgIpc) is 3.06. The number of aliphatic hydroxyl groups is 1. The lowest BCUT2D eigenvalue weighted by molar-refractivity contribution is -0.0765. The van der Waals surface area contributed by atoms with E-state index in [1.807, 2.05) is 0 Å². The zero-order chi connectivity index (χ0) is 22.4. The van der Waals surface area contributed by atoms with Gasteiger partial charge >= 0.3 is 0 Å². The molecule has 0 heterocycles. The smallest absolute Gasteiger partial charge is 0.0577 e. The van der Waals surface area contributed by atoms with Gasteiger partial charge in [0.1, 0.15) is 0 Å². The van der Waals surface area contributed by atoms with Crippen LogP contribution in [0.25, 0.3) is 0 Å². The van der Waals surface area contributed by atoms with Crippen LogP contribution in [-0.2, 0) is 0 Å². The largest absolute Gasteiger partial charge is 0.393 e. The van der Waals surface area contributed by atoms with Gasteiger partial charge in [-0.1, -0.05) is 65.5 Å². The molecular formula is C29H51NO. The van der Waals surface area contributed by atoms with Crippen molar-refractivity contribution in [2.24, 2.45) is 58.0 Å². The van der Waals surface area contributed by atoms with Gasteiger partial charge in [0.2, 0.25) is 0 Å². The van der Waals surface area contributed by atoms with Crippen LogP contribution in [0.4, 0.5) is 0 Å². The minimum absolute atomic E-state index is 0.120. The Labute approximate surface area is 192 Å². The van der Waals surface area contributed by atoms with E-state index in [0.29, 0.717) is 16.7 Å². The summed E-state index contributed by atoms with van der Waals surface area (Å²) in [7, 11) is 0. The van der Waals surface area contributed by atoms with E-state index in [1.165, 1.54) is 51.4 Å². The maximum Gasteiger partial charge on any atom is 0.0577 e. The monoisotopic (exact) mass is 429 g/mol. The molecule has 0 aliphatic heterocycles. The summed E-state index contributed by atoms with van der Waals surface area (Å²) in [6, 6.07) is 0. The summed E-state index contributed by atoms with van der Waals surface area (Å²) in [5, 5.41) is 10.4. The molecular weight excluding hydrogens is 378 g/mol. The van der Waals surface area contributed by atoms with Crippen LogP contribution in [0.3, 0.4) is 0 Å². The highest BCUT2D eigenvalue weighted by Gasteiger charge is 2.60. The van der Waals surface area contributed by atoms with Gasteiger partial charge in [0, 0.05) is 0 Å². The van der Waals surface area contributed by atoms with Crippen molar-refractivity contribution in [3.05, 3.63) is 11.6 Å². The summed E-state index contributed by atoms with van der Waals surface area (Å²) in [5.74, 6) is 5.77. The molecule has 0 aromatic heterocycles. The number of rotatable bonds is 7. The fraction of sp³-hybridized carbons (Fsp3) is 0.931. The molecule has 178 valence electrons. The molecule has 2 heteroatoms. The van der Waals surface area contributed by atoms with Crippen molar-refractivity contribution >= 4 is 0 Å². The fourth-order valence-corrected chi connectivity index (χ4v) is 9.30. The fourth-order valence-electron chi connectivity index (χ4n) is 9.30. The molecule has 0 amide bonds. The Bertz CT molecular complexity index is 655. The molecule has 4 aliphatic carbocycles. The SMILES string of the molecule is CC(C)CCC[C@@H](C)[C@H]1CCC2C3C(CC[C@@]21C)[C@@]1(C)CC[C@H](O)CC1=C[C@@H]3CCN. The zero-order valence-electron chi connectivity index (χ0n) is 21.2. The molecule has 4 rings (SSSR count). The molecule has 0 aromatic carbocycles. The Morgan fingerprint density at radius 3 is 2.52 bits per heavy atom. The summed E-state index contributed by atoms with van der Waals surface area (Å²) in [5.41, 5.74) is 8.60. The third-order valence-electron chi connectivity index (χ3n) is 10.9. The van der Waals surface area contributed by atoms with Crippen LogP contribution in [0.1, 0.15) is 105 Å². The van der Waals surface area contributed by atoms with E-state index in [1.54, 1.807) is 5.57 Å². The van der Waals surface area contributed by atoms with E-state index in [-0.39, 0.29) is 6.10 Å². The van der Waals surface area contributed by atoms with Crippen molar-refractivity contribution in [2.45, 2.75) is 111 Å². The lowest BCUT2D eigenvalue weighted by Gasteiger charge is -2.60. The lowest BCUT2D eigenvalue weighted by Crippen LogP contribution is -2.53. The first-order valence-corrected chi connectivity index (χ1v) is 13.8. The van der Waals surface area contributed by atoms with Gasteiger partial charge in [-0.3, -0.25) is 0 Å². The number of nitrogens with two attached hydrogens (primary N) is 1. The van der Waals surface area contributed by atoms with Gasteiger partial charge in [0.25, 0.3) is 0 Å². The molecule has 4 aliphatic rings. The van der Waals surface area contributed by atoms with Gasteiger partial charge in [-0.2, -0.15) is 0 Å². The van der Waals surface area contributed by atoms with Crippen LogP contribution < -0.4 is 5.73 Å². The second kappa shape index (κ2) is 9.13. The summed E-state index contributed by atoms with van der Waals surface area (Å²) in [6.07, 6.45) is 16.7. The van der Waals surface area contributed by atoms with Crippen LogP contribution >= 0.6 is 0 Å². The Balaban J connectivity index is 1.58. The van der Waals surface area contributed by atoms with E-state index in [4.69, 9.17) is 5.73 Å². The maximum atomic E-state index is 10.4. The Kier molecular flexibility index (Phi) is 7.01. The Hall–Kier alpha value is -0.340. The predicted octanol–water partition coefficient (Wildman–Crippen LogP) is 6.96. The molecule has 2 nitrogen and oxygen atoms in total. The number of hydrogen-bond donors (Lipinski definition) is 2. The lowest BCUT2D eigenvalue weighted by atomic mass is 9.44. The number of hydrogen-bond acceptors (Lipinski definition) is 2. The molecule has 0 aromatic rings. The molecule has 0 bridgehead atoms. The van der Waals surface area contributed by atoms with Crippen LogP contribution in [-0.4, -0.2) is 17.8 Å². The minimum atomic E-state index is -0.120. The third-order valence-corrected chi connectivity index (χ3v) is 10.9. The van der Waals surface area contributed by atoms with E-state index >= 15 is 0 Å². The van der Waals surface area contributed by atoms with Crippen molar-refractivity contribution in [2.75, 3.05) is 6.54 Å². The molecule has 3 fully saturated rings. The molecule has 0 radical (unpaired) electrons. The van der Waals surface area contributed by atoms with Gasteiger partial charge in [-0.15, -0.1) is 0 Å². The van der Waals surface area contributed by atoms with Crippen LogP contribution in [0.2, 0.25) is 0 Å². The van der Waals surface area contributed by atoms with Crippen LogP contribution in [0.15, 0.2) is 11.6 Å². The van der Waals surface area contributed by atoms with Crippen molar-refractivity contribution < 1.29 is 5.11 Å². The second-order valence-corrected chi connectivity index (χ2v) is 13.1. The highest BCUT2D eigenvalue weighted by molar-refractivity contribution is 5.27. The highest BCUT2D eigenvalue weighted by atomic mass is 16.3. The van der Waals surface area contributed by atoms with E-state index < -0.39 is 0 Å². The second-order valence-electron chi connectivity index (χ2n) is 13.1. The summed E-state index contributed by atoms with van der Waals surface area (Å²) in [4.78, 5) is 0. The summed E-state index contributed by atoms with van der Waals surface area (Å²) in [6.45, 7) is 13.4. The first-order valence-electron chi connectivity index (χ1n) is 13.8. The molecule has 3 unspecified atom stereocenters.